The molecule has 1 fully saturated rings. The van der Waals surface area contributed by atoms with Crippen LogP contribution in [0.2, 0.25) is 0 Å². The van der Waals surface area contributed by atoms with Crippen LogP contribution in [0.5, 0.6) is 0 Å². The van der Waals surface area contributed by atoms with Crippen LogP contribution in [0.1, 0.15) is 51.7 Å². The van der Waals surface area contributed by atoms with Crippen molar-refractivity contribution >= 4 is 11.8 Å². The average molecular weight is 408 g/mol. The lowest BCUT2D eigenvalue weighted by Crippen LogP contribution is -2.61. The smallest absolute Gasteiger partial charge is 0.350 e. The molecule has 4 nitrogen and oxygen atoms in total. The normalized spacial score (nSPS) is 19.8. The third-order valence-corrected chi connectivity index (χ3v) is 4.68. The summed E-state index contributed by atoms with van der Waals surface area (Å²) in [6.07, 6.45) is -3.15. The third-order valence-electron chi connectivity index (χ3n) is 4.68. The number of benzene rings is 1. The SMILES string of the molecule is CC(C)C[C@H]1CN(C(=O)C#Cc2ccc(C(F)(F)F)cc2)[C@@H](CC(C)C)C(=O)N1. The van der Waals surface area contributed by atoms with Gasteiger partial charge in [0.25, 0.3) is 5.91 Å². The fourth-order valence-electron chi connectivity index (χ4n) is 3.40. The molecule has 0 aliphatic carbocycles. The van der Waals surface area contributed by atoms with Gasteiger partial charge in [-0.25, -0.2) is 0 Å². The number of piperazine rings is 1. The van der Waals surface area contributed by atoms with Gasteiger partial charge in [0.15, 0.2) is 0 Å². The minimum atomic E-state index is -4.42. The Morgan fingerprint density at radius 2 is 1.72 bits per heavy atom. The van der Waals surface area contributed by atoms with Crippen molar-refractivity contribution in [2.24, 2.45) is 11.8 Å². The number of amides is 2. The van der Waals surface area contributed by atoms with Crippen molar-refractivity contribution in [1.29, 1.82) is 0 Å². The molecular formula is C22H27F3N2O2. The summed E-state index contributed by atoms with van der Waals surface area (Å²) in [5, 5.41) is 2.99. The van der Waals surface area contributed by atoms with Crippen LogP contribution in [0.15, 0.2) is 24.3 Å². The van der Waals surface area contributed by atoms with Crippen molar-refractivity contribution in [1.82, 2.24) is 10.2 Å². The summed E-state index contributed by atoms with van der Waals surface area (Å²) in [5.41, 5.74) is -0.456. The Balaban J connectivity index is 2.20. The molecule has 29 heavy (non-hydrogen) atoms. The molecule has 158 valence electrons. The van der Waals surface area contributed by atoms with Gasteiger partial charge in [-0.05, 0) is 48.9 Å². The predicted molar refractivity (Wildman–Crippen MR) is 105 cm³/mol. The highest BCUT2D eigenvalue weighted by atomic mass is 19.4. The highest BCUT2D eigenvalue weighted by Gasteiger charge is 2.37. The van der Waals surface area contributed by atoms with E-state index < -0.39 is 23.7 Å². The molecule has 1 aliphatic rings. The third kappa shape index (κ3) is 6.52. The summed E-state index contributed by atoms with van der Waals surface area (Å²) in [6, 6.07) is 3.61. The van der Waals surface area contributed by atoms with Gasteiger partial charge < -0.3 is 10.2 Å². The highest BCUT2D eigenvalue weighted by Crippen LogP contribution is 2.29. The van der Waals surface area contributed by atoms with Crippen LogP contribution in [0.4, 0.5) is 13.2 Å². The predicted octanol–water partition coefficient (Wildman–Crippen LogP) is 3.84. The number of halogens is 3. The molecule has 0 unspecified atom stereocenters. The van der Waals surface area contributed by atoms with E-state index in [1.165, 1.54) is 17.0 Å². The molecule has 0 bridgehead atoms. The Morgan fingerprint density at radius 1 is 1.14 bits per heavy atom. The van der Waals surface area contributed by atoms with Gasteiger partial charge in [-0.3, -0.25) is 9.59 Å². The fraction of sp³-hybridized carbons (Fsp3) is 0.545. The minimum Gasteiger partial charge on any atom is -0.350 e. The first kappa shape index (κ1) is 22.8. The second-order valence-corrected chi connectivity index (χ2v) is 8.26. The van der Waals surface area contributed by atoms with Gasteiger partial charge in [0.05, 0.1) is 5.56 Å². The molecule has 1 N–H and O–H groups in total. The number of hydrogen-bond acceptors (Lipinski definition) is 2. The van der Waals surface area contributed by atoms with E-state index in [4.69, 9.17) is 0 Å². The zero-order chi connectivity index (χ0) is 21.8. The molecule has 0 radical (unpaired) electrons. The lowest BCUT2D eigenvalue weighted by Gasteiger charge is -2.39. The largest absolute Gasteiger partial charge is 0.416 e. The fourth-order valence-corrected chi connectivity index (χ4v) is 3.40. The monoisotopic (exact) mass is 408 g/mol. The Labute approximate surface area is 169 Å². The lowest BCUT2D eigenvalue weighted by atomic mass is 9.95. The Hall–Kier alpha value is -2.49. The number of nitrogens with zero attached hydrogens (tertiary/aromatic N) is 1. The standard InChI is InChI=1S/C22H27F3N2O2/c1-14(2)11-18-13-27(19(12-15(3)4)21(29)26-18)20(28)10-7-16-5-8-17(9-6-16)22(23,24)25/h5-6,8-9,14-15,18-19H,11-13H2,1-4H3,(H,26,29)/t18-,19-/m0/s1. The number of carbonyl (C=O) groups excluding carboxylic acids is 2. The minimum absolute atomic E-state index is 0.136. The van der Waals surface area contributed by atoms with E-state index in [-0.39, 0.29) is 17.9 Å². The first-order valence-corrected chi connectivity index (χ1v) is 9.77. The van der Waals surface area contributed by atoms with Crippen molar-refractivity contribution < 1.29 is 22.8 Å². The van der Waals surface area contributed by atoms with Gasteiger partial charge in [-0.15, -0.1) is 0 Å². The van der Waals surface area contributed by atoms with Crippen molar-refractivity contribution in [3.8, 4) is 11.8 Å². The highest BCUT2D eigenvalue weighted by molar-refractivity contribution is 5.98. The van der Waals surface area contributed by atoms with Crippen LogP contribution in [0.25, 0.3) is 0 Å². The van der Waals surface area contributed by atoms with Gasteiger partial charge in [-0.2, -0.15) is 13.2 Å². The van der Waals surface area contributed by atoms with Crippen LogP contribution < -0.4 is 5.32 Å². The Kier molecular flexibility index (Phi) is 7.34. The van der Waals surface area contributed by atoms with E-state index in [0.29, 0.717) is 24.4 Å². The van der Waals surface area contributed by atoms with Crippen molar-refractivity contribution in [3.05, 3.63) is 35.4 Å². The van der Waals surface area contributed by atoms with E-state index >= 15 is 0 Å². The number of hydrogen-bond donors (Lipinski definition) is 1. The van der Waals surface area contributed by atoms with Gasteiger partial charge >= 0.3 is 6.18 Å². The van der Waals surface area contributed by atoms with E-state index in [9.17, 15) is 22.8 Å². The number of rotatable bonds is 4. The molecule has 0 spiro atoms. The van der Waals surface area contributed by atoms with Gasteiger partial charge in [0, 0.05) is 24.1 Å². The van der Waals surface area contributed by atoms with Gasteiger partial charge in [-0.1, -0.05) is 33.6 Å². The molecule has 2 atom stereocenters. The first-order valence-electron chi connectivity index (χ1n) is 9.77. The van der Waals surface area contributed by atoms with Crippen LogP contribution in [-0.2, 0) is 15.8 Å². The summed E-state index contributed by atoms with van der Waals surface area (Å²) in [4.78, 5) is 26.8. The zero-order valence-corrected chi connectivity index (χ0v) is 17.1. The number of alkyl halides is 3. The van der Waals surface area contributed by atoms with E-state index in [2.05, 4.69) is 17.2 Å². The summed E-state index contributed by atoms with van der Waals surface area (Å²) in [7, 11) is 0. The van der Waals surface area contributed by atoms with Gasteiger partial charge in [0.2, 0.25) is 5.91 Å². The van der Waals surface area contributed by atoms with Crippen LogP contribution in [0.3, 0.4) is 0 Å². The van der Waals surface area contributed by atoms with Crippen molar-refractivity contribution in [2.45, 2.75) is 58.8 Å². The molecule has 7 heteroatoms. The number of carbonyl (C=O) groups is 2. The summed E-state index contributed by atoms with van der Waals surface area (Å²) in [5.74, 6) is 5.03. The second-order valence-electron chi connectivity index (χ2n) is 8.26. The molecule has 1 saturated heterocycles. The molecule has 1 aromatic carbocycles. The zero-order valence-electron chi connectivity index (χ0n) is 17.1. The van der Waals surface area contributed by atoms with Crippen molar-refractivity contribution in [2.75, 3.05) is 6.54 Å². The Morgan fingerprint density at radius 3 is 2.24 bits per heavy atom. The molecular weight excluding hydrogens is 381 g/mol. The van der Waals surface area contributed by atoms with Crippen LogP contribution in [0, 0.1) is 23.7 Å². The summed E-state index contributed by atoms with van der Waals surface area (Å²) >= 11 is 0. The topological polar surface area (TPSA) is 49.4 Å². The van der Waals surface area contributed by atoms with E-state index in [1.807, 2.05) is 27.7 Å². The van der Waals surface area contributed by atoms with E-state index in [1.54, 1.807) is 0 Å². The van der Waals surface area contributed by atoms with Crippen LogP contribution >= 0.6 is 0 Å². The Bertz CT molecular complexity index is 789. The molecule has 2 amide bonds. The molecule has 1 aliphatic heterocycles. The van der Waals surface area contributed by atoms with Crippen LogP contribution in [-0.4, -0.2) is 35.3 Å². The molecule has 0 saturated carbocycles. The van der Waals surface area contributed by atoms with Gasteiger partial charge in [0.1, 0.15) is 6.04 Å². The summed E-state index contributed by atoms with van der Waals surface area (Å²) < 4.78 is 38.0. The van der Waals surface area contributed by atoms with Crippen molar-refractivity contribution in [3.63, 3.8) is 0 Å². The quantitative estimate of drug-likeness (QED) is 0.770. The molecule has 1 heterocycles. The average Bonchev–Trinajstić information content (AvgIpc) is 2.60. The first-order chi connectivity index (χ1) is 13.5. The molecule has 2 rings (SSSR count). The lowest BCUT2D eigenvalue weighted by molar-refractivity contribution is -0.142. The van der Waals surface area contributed by atoms with E-state index in [0.717, 1.165) is 18.6 Å². The maximum absolute atomic E-state index is 12.8. The maximum Gasteiger partial charge on any atom is 0.416 e. The maximum atomic E-state index is 12.8. The molecule has 1 aromatic rings. The second kappa shape index (κ2) is 9.34. The number of nitrogens with one attached hydrogen (secondary N) is 1. The summed E-state index contributed by atoms with van der Waals surface area (Å²) in [6.45, 7) is 8.42. The molecule has 0 aromatic heterocycles.